The molecule has 6 heteroatoms. The predicted octanol–water partition coefficient (Wildman–Crippen LogP) is 2.66. The molecule has 1 aromatic carbocycles. The number of hydrogen-bond donors (Lipinski definition) is 1. The minimum atomic E-state index is -2.96. The van der Waals surface area contributed by atoms with E-state index in [-0.39, 0.29) is 29.0 Å². The summed E-state index contributed by atoms with van der Waals surface area (Å²) < 4.78 is 42.8. The molecule has 0 bridgehead atoms. The molecule has 114 valence electrons. The normalized spacial score (nSPS) is 22.7. The molecule has 2 atom stereocenters. The maximum atomic E-state index is 13.7. The average molecular weight is 311 g/mol. The van der Waals surface area contributed by atoms with Crippen LogP contribution in [-0.4, -0.2) is 26.5 Å². The minimum absolute atomic E-state index is 0.0291. The molecule has 1 N–H and O–H groups in total. The summed E-state index contributed by atoms with van der Waals surface area (Å²) in [5.41, 5.74) is 0.233. The molecule has 0 amide bonds. The monoisotopic (exact) mass is 311 g/mol. The van der Waals surface area contributed by atoms with Gasteiger partial charge in [-0.25, -0.2) is 12.8 Å². The van der Waals surface area contributed by atoms with Crippen LogP contribution in [0, 0.1) is 11.7 Å². The molecule has 1 fully saturated rings. The molecule has 2 aromatic rings. The van der Waals surface area contributed by atoms with Gasteiger partial charge in [0.25, 0.3) is 0 Å². The first-order chi connectivity index (χ1) is 10.00. The fourth-order valence-electron chi connectivity index (χ4n) is 3.01. The second-order valence-corrected chi connectivity index (χ2v) is 7.73. The van der Waals surface area contributed by atoms with Gasteiger partial charge >= 0.3 is 0 Å². The summed E-state index contributed by atoms with van der Waals surface area (Å²) in [6.07, 6.45) is 0.611. The first kappa shape index (κ1) is 14.5. The van der Waals surface area contributed by atoms with Crippen molar-refractivity contribution in [2.75, 3.05) is 18.1 Å². The molecule has 1 aliphatic rings. The molecule has 2 unspecified atom stereocenters. The zero-order valence-corrected chi connectivity index (χ0v) is 12.6. The lowest BCUT2D eigenvalue weighted by atomic mass is 9.97. The Labute approximate surface area is 123 Å². The quantitative estimate of drug-likeness (QED) is 0.943. The Balaban J connectivity index is 1.97. The number of para-hydroxylation sites is 1. The summed E-state index contributed by atoms with van der Waals surface area (Å²) in [5.74, 6) is 0.559. The number of halogens is 1. The molecule has 1 aliphatic heterocycles. The second-order valence-electron chi connectivity index (χ2n) is 5.51. The number of fused-ring (bicyclic) bond motifs is 1. The molecule has 0 spiro atoms. The average Bonchev–Trinajstić information content (AvgIpc) is 3.00. The molecular weight excluding hydrogens is 293 g/mol. The first-order valence-corrected chi connectivity index (χ1v) is 8.94. The number of furan rings is 1. The summed E-state index contributed by atoms with van der Waals surface area (Å²) in [4.78, 5) is 0. The summed E-state index contributed by atoms with van der Waals surface area (Å²) in [6, 6.07) is 6.40. The second kappa shape index (κ2) is 5.42. The van der Waals surface area contributed by atoms with Gasteiger partial charge in [-0.3, -0.25) is 0 Å². The van der Waals surface area contributed by atoms with E-state index in [2.05, 4.69) is 5.32 Å². The van der Waals surface area contributed by atoms with E-state index in [9.17, 15) is 12.8 Å². The molecule has 3 rings (SSSR count). The van der Waals surface area contributed by atoms with E-state index in [1.807, 2.05) is 6.92 Å². The third-order valence-corrected chi connectivity index (χ3v) is 5.78. The van der Waals surface area contributed by atoms with E-state index in [4.69, 9.17) is 4.42 Å². The molecular formula is C15H18FNO3S. The SMILES string of the molecule is CCNC(c1cc2cccc(F)c2o1)C1CCS(=O)(=O)C1. The molecule has 1 aromatic heterocycles. The topological polar surface area (TPSA) is 59.3 Å². The highest BCUT2D eigenvalue weighted by Gasteiger charge is 2.35. The van der Waals surface area contributed by atoms with E-state index in [1.54, 1.807) is 18.2 Å². The summed E-state index contributed by atoms with van der Waals surface area (Å²) >= 11 is 0. The first-order valence-electron chi connectivity index (χ1n) is 7.12. The van der Waals surface area contributed by atoms with E-state index < -0.39 is 15.7 Å². The third-order valence-electron chi connectivity index (χ3n) is 3.98. The number of hydrogen-bond acceptors (Lipinski definition) is 4. The summed E-state index contributed by atoms with van der Waals surface area (Å²) in [7, 11) is -2.96. The van der Waals surface area contributed by atoms with Gasteiger partial charge in [0.15, 0.2) is 21.2 Å². The van der Waals surface area contributed by atoms with Gasteiger partial charge in [-0.2, -0.15) is 0 Å². The molecule has 1 saturated heterocycles. The minimum Gasteiger partial charge on any atom is -0.456 e. The van der Waals surface area contributed by atoms with Crippen molar-refractivity contribution in [2.24, 2.45) is 5.92 Å². The van der Waals surface area contributed by atoms with Crippen LogP contribution >= 0.6 is 0 Å². The molecule has 0 saturated carbocycles. The maximum Gasteiger partial charge on any atom is 0.169 e. The lowest BCUT2D eigenvalue weighted by Gasteiger charge is -2.21. The van der Waals surface area contributed by atoms with Crippen molar-refractivity contribution in [3.05, 3.63) is 35.8 Å². The van der Waals surface area contributed by atoms with Gasteiger partial charge in [-0.1, -0.05) is 19.1 Å². The Morgan fingerprint density at radius 2 is 2.29 bits per heavy atom. The van der Waals surface area contributed by atoms with Crippen LogP contribution in [0.5, 0.6) is 0 Å². The van der Waals surface area contributed by atoms with Crippen LogP contribution in [-0.2, 0) is 9.84 Å². The van der Waals surface area contributed by atoms with Gasteiger partial charge in [-0.05, 0) is 31.0 Å². The van der Waals surface area contributed by atoms with Crippen LogP contribution < -0.4 is 5.32 Å². The number of rotatable bonds is 4. The Hall–Kier alpha value is -1.40. The van der Waals surface area contributed by atoms with Crippen molar-refractivity contribution in [1.82, 2.24) is 5.32 Å². The van der Waals surface area contributed by atoms with E-state index in [1.165, 1.54) is 6.07 Å². The highest BCUT2D eigenvalue weighted by atomic mass is 32.2. The maximum absolute atomic E-state index is 13.7. The van der Waals surface area contributed by atoms with Gasteiger partial charge < -0.3 is 9.73 Å². The number of benzene rings is 1. The predicted molar refractivity (Wildman–Crippen MR) is 79.4 cm³/mol. The molecule has 21 heavy (non-hydrogen) atoms. The van der Waals surface area contributed by atoms with Crippen LogP contribution in [0.1, 0.15) is 25.1 Å². The van der Waals surface area contributed by atoms with Crippen molar-refractivity contribution in [2.45, 2.75) is 19.4 Å². The molecule has 0 radical (unpaired) electrons. The Bertz CT molecular complexity index is 753. The van der Waals surface area contributed by atoms with Gasteiger partial charge in [0.1, 0.15) is 5.76 Å². The van der Waals surface area contributed by atoms with Gasteiger partial charge in [0.05, 0.1) is 17.5 Å². The highest BCUT2D eigenvalue weighted by molar-refractivity contribution is 7.91. The molecule has 0 aliphatic carbocycles. The van der Waals surface area contributed by atoms with Crippen molar-refractivity contribution in [3.63, 3.8) is 0 Å². The van der Waals surface area contributed by atoms with E-state index in [0.717, 1.165) is 0 Å². The van der Waals surface area contributed by atoms with E-state index >= 15 is 0 Å². The Morgan fingerprint density at radius 1 is 1.48 bits per heavy atom. The van der Waals surface area contributed by atoms with Crippen LogP contribution in [0.25, 0.3) is 11.0 Å². The van der Waals surface area contributed by atoms with Crippen molar-refractivity contribution >= 4 is 20.8 Å². The smallest absolute Gasteiger partial charge is 0.169 e. The Morgan fingerprint density at radius 3 is 2.90 bits per heavy atom. The van der Waals surface area contributed by atoms with Crippen molar-refractivity contribution < 1.29 is 17.2 Å². The van der Waals surface area contributed by atoms with Crippen molar-refractivity contribution in [1.29, 1.82) is 0 Å². The van der Waals surface area contributed by atoms with Crippen molar-refractivity contribution in [3.8, 4) is 0 Å². The lowest BCUT2D eigenvalue weighted by Crippen LogP contribution is -2.28. The standard InChI is InChI=1S/C15H18FNO3S/c1-2-17-14(11-6-7-21(18,19)9-11)13-8-10-4-3-5-12(16)15(10)20-13/h3-5,8,11,14,17H,2,6-7,9H2,1H3. The van der Waals surface area contributed by atoms with Gasteiger partial charge in [0, 0.05) is 5.39 Å². The summed E-state index contributed by atoms with van der Waals surface area (Å²) in [5, 5.41) is 3.98. The molecule has 4 nitrogen and oxygen atoms in total. The number of sulfone groups is 1. The van der Waals surface area contributed by atoms with Crippen LogP contribution in [0.4, 0.5) is 4.39 Å². The largest absolute Gasteiger partial charge is 0.456 e. The third kappa shape index (κ3) is 2.82. The van der Waals surface area contributed by atoms with Crippen LogP contribution in [0.3, 0.4) is 0 Å². The van der Waals surface area contributed by atoms with Gasteiger partial charge in [-0.15, -0.1) is 0 Å². The fraction of sp³-hybridized carbons (Fsp3) is 0.467. The zero-order valence-electron chi connectivity index (χ0n) is 11.8. The summed E-state index contributed by atoms with van der Waals surface area (Å²) in [6.45, 7) is 2.65. The zero-order chi connectivity index (χ0) is 15.0. The Kier molecular flexibility index (Phi) is 3.75. The highest BCUT2D eigenvalue weighted by Crippen LogP contribution is 2.34. The van der Waals surface area contributed by atoms with E-state index in [0.29, 0.717) is 24.1 Å². The van der Waals surface area contributed by atoms with Gasteiger partial charge in [0.2, 0.25) is 0 Å². The van der Waals surface area contributed by atoms with Crippen LogP contribution in [0.2, 0.25) is 0 Å². The lowest BCUT2D eigenvalue weighted by molar-refractivity contribution is 0.341. The number of nitrogens with one attached hydrogen (secondary N) is 1. The molecule has 2 heterocycles. The van der Waals surface area contributed by atoms with Crippen LogP contribution in [0.15, 0.2) is 28.7 Å². The fourth-order valence-corrected chi connectivity index (χ4v) is 4.85.